The minimum atomic E-state index is -0.393. The van der Waals surface area contributed by atoms with Crippen LogP contribution in [-0.2, 0) is 9.59 Å². The van der Waals surface area contributed by atoms with Crippen molar-refractivity contribution in [2.75, 3.05) is 11.4 Å². The van der Waals surface area contributed by atoms with Crippen molar-refractivity contribution < 1.29 is 9.59 Å². The molecule has 2 rings (SSSR count). The molecule has 1 aromatic rings. The number of nitrogens with one attached hydrogen (secondary N) is 1. The normalized spacial score (nSPS) is 19.5. The van der Waals surface area contributed by atoms with Crippen LogP contribution in [0.2, 0.25) is 0 Å². The molecule has 0 aliphatic carbocycles. The number of aryl methyl sites for hydroxylation is 1. The van der Waals surface area contributed by atoms with Crippen LogP contribution < -0.4 is 10.2 Å². The van der Waals surface area contributed by atoms with Gasteiger partial charge in [0.05, 0.1) is 0 Å². The minimum Gasteiger partial charge on any atom is -0.343 e. The van der Waals surface area contributed by atoms with Crippen molar-refractivity contribution in [3.05, 3.63) is 28.2 Å². The summed E-state index contributed by atoms with van der Waals surface area (Å²) in [7, 11) is 0. The van der Waals surface area contributed by atoms with Gasteiger partial charge in [-0.1, -0.05) is 29.3 Å². The van der Waals surface area contributed by atoms with E-state index in [2.05, 4.69) is 21.2 Å². The molecule has 1 atom stereocenters. The van der Waals surface area contributed by atoms with E-state index in [0.717, 1.165) is 22.1 Å². The Hall–Kier alpha value is -1.36. The molecule has 1 heterocycles. The molecule has 1 saturated heterocycles. The molecule has 102 valence electrons. The number of rotatable bonds is 3. The highest BCUT2D eigenvalue weighted by atomic mass is 79.9. The molecule has 1 unspecified atom stereocenters. The topological polar surface area (TPSA) is 49.4 Å². The van der Waals surface area contributed by atoms with E-state index in [4.69, 9.17) is 0 Å². The quantitative estimate of drug-likeness (QED) is 0.928. The number of anilines is 1. The Labute approximate surface area is 121 Å². The molecule has 4 nitrogen and oxygen atoms in total. The Balaban J connectivity index is 2.28. The van der Waals surface area contributed by atoms with Crippen LogP contribution in [-0.4, -0.2) is 24.4 Å². The number of hydrogen-bond donors (Lipinski definition) is 1. The van der Waals surface area contributed by atoms with E-state index in [0.29, 0.717) is 6.42 Å². The lowest BCUT2D eigenvalue weighted by atomic mass is 10.1. The minimum absolute atomic E-state index is 0.0248. The van der Waals surface area contributed by atoms with E-state index in [1.54, 1.807) is 4.90 Å². The molecule has 0 saturated carbocycles. The molecular formula is C14H17BrN2O2. The molecule has 1 N–H and O–H groups in total. The summed E-state index contributed by atoms with van der Waals surface area (Å²) >= 11 is 3.43. The second-order valence-corrected chi connectivity index (χ2v) is 5.62. The van der Waals surface area contributed by atoms with Gasteiger partial charge in [-0.25, -0.2) is 0 Å². The Morgan fingerprint density at radius 1 is 1.42 bits per heavy atom. The first-order chi connectivity index (χ1) is 9.02. The molecular weight excluding hydrogens is 308 g/mol. The van der Waals surface area contributed by atoms with Crippen LogP contribution >= 0.6 is 15.9 Å². The average Bonchev–Trinajstić information content (AvgIpc) is 2.37. The zero-order valence-electron chi connectivity index (χ0n) is 11.1. The van der Waals surface area contributed by atoms with Gasteiger partial charge in [-0.05, 0) is 37.1 Å². The summed E-state index contributed by atoms with van der Waals surface area (Å²) in [5.74, 6) is -0.123. The maximum Gasteiger partial charge on any atom is 0.250 e. The van der Waals surface area contributed by atoms with Crippen LogP contribution in [0, 0.1) is 6.92 Å². The van der Waals surface area contributed by atoms with E-state index in [1.807, 2.05) is 32.0 Å². The van der Waals surface area contributed by atoms with Crippen LogP contribution in [0.3, 0.4) is 0 Å². The molecule has 0 bridgehead atoms. The summed E-state index contributed by atoms with van der Waals surface area (Å²) in [5, 5.41) is 2.75. The molecule has 1 aliphatic heterocycles. The SMILES string of the molecule is CCCC1NC(=O)CN(c2ccc(Br)c(C)c2)C1=O. The summed E-state index contributed by atoms with van der Waals surface area (Å²) in [5.41, 5.74) is 1.82. The third-order valence-corrected chi connectivity index (χ3v) is 4.12. The summed E-state index contributed by atoms with van der Waals surface area (Å²) in [6.45, 7) is 4.06. The maximum absolute atomic E-state index is 12.4. The fourth-order valence-electron chi connectivity index (χ4n) is 2.21. The highest BCUT2D eigenvalue weighted by Crippen LogP contribution is 2.24. The van der Waals surface area contributed by atoms with Gasteiger partial charge in [0.1, 0.15) is 12.6 Å². The zero-order chi connectivity index (χ0) is 14.0. The number of piperazine rings is 1. The Bertz CT molecular complexity index is 516. The van der Waals surface area contributed by atoms with Crippen molar-refractivity contribution in [1.29, 1.82) is 0 Å². The molecule has 1 fully saturated rings. The van der Waals surface area contributed by atoms with Crippen LogP contribution in [0.1, 0.15) is 25.3 Å². The van der Waals surface area contributed by atoms with Crippen LogP contribution in [0.15, 0.2) is 22.7 Å². The van der Waals surface area contributed by atoms with Gasteiger partial charge in [0.25, 0.3) is 0 Å². The number of hydrogen-bond acceptors (Lipinski definition) is 2. The van der Waals surface area contributed by atoms with E-state index in [-0.39, 0.29) is 18.4 Å². The summed E-state index contributed by atoms with van der Waals surface area (Å²) in [6.07, 6.45) is 1.54. The fraction of sp³-hybridized carbons (Fsp3) is 0.429. The van der Waals surface area contributed by atoms with Crippen molar-refractivity contribution in [3.63, 3.8) is 0 Å². The van der Waals surface area contributed by atoms with Gasteiger partial charge >= 0.3 is 0 Å². The number of carbonyl (C=O) groups is 2. The van der Waals surface area contributed by atoms with Gasteiger partial charge in [0, 0.05) is 10.2 Å². The van der Waals surface area contributed by atoms with Gasteiger partial charge in [-0.15, -0.1) is 0 Å². The third-order valence-electron chi connectivity index (χ3n) is 3.23. The third kappa shape index (κ3) is 2.97. The van der Waals surface area contributed by atoms with Gasteiger partial charge in [-0.2, -0.15) is 0 Å². The Morgan fingerprint density at radius 3 is 2.79 bits per heavy atom. The molecule has 19 heavy (non-hydrogen) atoms. The first-order valence-electron chi connectivity index (χ1n) is 6.39. The highest BCUT2D eigenvalue weighted by molar-refractivity contribution is 9.10. The predicted molar refractivity (Wildman–Crippen MR) is 78.1 cm³/mol. The summed E-state index contributed by atoms with van der Waals surface area (Å²) in [6, 6.07) is 5.29. The number of carbonyl (C=O) groups excluding carboxylic acids is 2. The Morgan fingerprint density at radius 2 is 2.16 bits per heavy atom. The molecule has 1 aliphatic rings. The number of nitrogens with zero attached hydrogens (tertiary/aromatic N) is 1. The summed E-state index contributed by atoms with van der Waals surface area (Å²) < 4.78 is 0.996. The largest absolute Gasteiger partial charge is 0.343 e. The highest BCUT2D eigenvalue weighted by Gasteiger charge is 2.32. The zero-order valence-corrected chi connectivity index (χ0v) is 12.7. The second-order valence-electron chi connectivity index (χ2n) is 4.77. The number of benzene rings is 1. The Kier molecular flexibility index (Phi) is 4.24. The van der Waals surface area contributed by atoms with Gasteiger partial charge in [0.15, 0.2) is 0 Å². The van der Waals surface area contributed by atoms with E-state index in [1.165, 1.54) is 0 Å². The van der Waals surface area contributed by atoms with E-state index < -0.39 is 6.04 Å². The standard InChI is InChI=1S/C14H17BrN2O2/c1-3-4-12-14(19)17(8-13(18)16-12)10-5-6-11(15)9(2)7-10/h5-7,12H,3-4,8H2,1-2H3,(H,16,18). The molecule has 0 radical (unpaired) electrons. The maximum atomic E-state index is 12.4. The molecule has 2 amide bonds. The van der Waals surface area contributed by atoms with Crippen LogP contribution in [0.25, 0.3) is 0 Å². The monoisotopic (exact) mass is 324 g/mol. The van der Waals surface area contributed by atoms with E-state index in [9.17, 15) is 9.59 Å². The first-order valence-corrected chi connectivity index (χ1v) is 7.19. The molecule has 1 aromatic carbocycles. The van der Waals surface area contributed by atoms with E-state index >= 15 is 0 Å². The van der Waals surface area contributed by atoms with Crippen molar-refractivity contribution >= 4 is 33.4 Å². The lowest BCUT2D eigenvalue weighted by molar-refractivity contribution is -0.131. The fourth-order valence-corrected chi connectivity index (χ4v) is 2.46. The lowest BCUT2D eigenvalue weighted by Gasteiger charge is -2.32. The predicted octanol–water partition coefficient (Wildman–Crippen LogP) is 2.39. The van der Waals surface area contributed by atoms with Gasteiger partial charge in [0.2, 0.25) is 11.8 Å². The number of halogens is 1. The van der Waals surface area contributed by atoms with Crippen molar-refractivity contribution in [3.8, 4) is 0 Å². The second kappa shape index (κ2) is 5.74. The smallest absolute Gasteiger partial charge is 0.250 e. The molecule has 0 spiro atoms. The van der Waals surface area contributed by atoms with Crippen LogP contribution in [0.4, 0.5) is 5.69 Å². The summed E-state index contributed by atoms with van der Waals surface area (Å²) in [4.78, 5) is 25.6. The molecule has 0 aromatic heterocycles. The van der Waals surface area contributed by atoms with Gasteiger partial charge < -0.3 is 10.2 Å². The number of amides is 2. The van der Waals surface area contributed by atoms with Gasteiger partial charge in [-0.3, -0.25) is 9.59 Å². The average molecular weight is 325 g/mol. The molecule has 5 heteroatoms. The first kappa shape index (κ1) is 14.1. The van der Waals surface area contributed by atoms with Crippen molar-refractivity contribution in [2.45, 2.75) is 32.7 Å². The lowest BCUT2D eigenvalue weighted by Crippen LogP contribution is -2.58. The van der Waals surface area contributed by atoms with Crippen LogP contribution in [0.5, 0.6) is 0 Å². The van der Waals surface area contributed by atoms with Crippen molar-refractivity contribution in [2.24, 2.45) is 0 Å². The van der Waals surface area contributed by atoms with Crippen molar-refractivity contribution in [1.82, 2.24) is 5.32 Å².